The summed E-state index contributed by atoms with van der Waals surface area (Å²) >= 11 is 1.42. The fourth-order valence-corrected chi connectivity index (χ4v) is 2.63. The van der Waals surface area contributed by atoms with E-state index in [9.17, 15) is 4.79 Å². The number of aryl methyl sites for hydroxylation is 2. The molecular weight excluding hydrogens is 232 g/mol. The topological polar surface area (TPSA) is 26.3 Å². The SMILES string of the molecule is COc1ccsc1C(=O)c1ccc(C)cc1C. The highest BCUT2D eigenvalue weighted by atomic mass is 32.1. The maximum absolute atomic E-state index is 12.3. The molecule has 88 valence electrons. The van der Waals surface area contributed by atoms with E-state index in [-0.39, 0.29) is 5.78 Å². The Morgan fingerprint density at radius 3 is 2.65 bits per heavy atom. The van der Waals surface area contributed by atoms with Gasteiger partial charge in [0, 0.05) is 5.56 Å². The average Bonchev–Trinajstić information content (AvgIpc) is 2.76. The molecule has 0 fully saturated rings. The molecule has 0 saturated carbocycles. The van der Waals surface area contributed by atoms with Crippen molar-refractivity contribution in [1.29, 1.82) is 0 Å². The molecule has 3 heteroatoms. The van der Waals surface area contributed by atoms with Crippen molar-refractivity contribution in [2.75, 3.05) is 7.11 Å². The Bertz CT molecular complexity index is 555. The van der Waals surface area contributed by atoms with Gasteiger partial charge in [-0.3, -0.25) is 4.79 Å². The van der Waals surface area contributed by atoms with E-state index < -0.39 is 0 Å². The second-order valence-electron chi connectivity index (χ2n) is 3.97. The lowest BCUT2D eigenvalue weighted by Crippen LogP contribution is -2.03. The summed E-state index contributed by atoms with van der Waals surface area (Å²) in [6.07, 6.45) is 0. The standard InChI is InChI=1S/C14H14O2S/c1-9-4-5-11(10(2)8-9)13(15)14-12(16-3)6-7-17-14/h4-8H,1-3H3. The largest absolute Gasteiger partial charge is 0.495 e. The molecular formula is C14H14O2S. The van der Waals surface area contributed by atoms with Gasteiger partial charge in [-0.05, 0) is 30.9 Å². The Morgan fingerprint density at radius 1 is 1.24 bits per heavy atom. The van der Waals surface area contributed by atoms with Gasteiger partial charge in [-0.25, -0.2) is 0 Å². The van der Waals surface area contributed by atoms with Crippen molar-refractivity contribution in [3.05, 3.63) is 51.2 Å². The minimum absolute atomic E-state index is 0.0364. The van der Waals surface area contributed by atoms with Crippen LogP contribution in [-0.2, 0) is 0 Å². The highest BCUT2D eigenvalue weighted by Crippen LogP contribution is 2.28. The van der Waals surface area contributed by atoms with E-state index in [2.05, 4.69) is 0 Å². The highest BCUT2D eigenvalue weighted by molar-refractivity contribution is 7.12. The van der Waals surface area contributed by atoms with Gasteiger partial charge in [-0.15, -0.1) is 11.3 Å². The fraction of sp³-hybridized carbons (Fsp3) is 0.214. The van der Waals surface area contributed by atoms with E-state index in [1.165, 1.54) is 11.3 Å². The maximum atomic E-state index is 12.3. The van der Waals surface area contributed by atoms with Gasteiger partial charge in [-0.1, -0.05) is 23.8 Å². The number of ether oxygens (including phenoxy) is 1. The summed E-state index contributed by atoms with van der Waals surface area (Å²) in [6, 6.07) is 7.68. The summed E-state index contributed by atoms with van der Waals surface area (Å²) in [5, 5.41) is 1.87. The normalized spacial score (nSPS) is 10.3. The lowest BCUT2D eigenvalue weighted by atomic mass is 10.0. The maximum Gasteiger partial charge on any atom is 0.206 e. The number of hydrogen-bond donors (Lipinski definition) is 0. The van der Waals surface area contributed by atoms with Gasteiger partial charge in [0.1, 0.15) is 10.6 Å². The second kappa shape index (κ2) is 4.72. The Labute approximate surface area is 105 Å². The fourth-order valence-electron chi connectivity index (χ4n) is 1.81. The molecule has 1 aromatic carbocycles. The van der Waals surface area contributed by atoms with Crippen LogP contribution in [0.15, 0.2) is 29.6 Å². The van der Waals surface area contributed by atoms with Gasteiger partial charge in [-0.2, -0.15) is 0 Å². The van der Waals surface area contributed by atoms with Crippen molar-refractivity contribution in [1.82, 2.24) is 0 Å². The van der Waals surface area contributed by atoms with Crippen LogP contribution >= 0.6 is 11.3 Å². The van der Waals surface area contributed by atoms with E-state index in [4.69, 9.17) is 4.74 Å². The number of thiophene rings is 1. The summed E-state index contributed by atoms with van der Waals surface area (Å²) in [4.78, 5) is 13.0. The molecule has 0 amide bonds. The van der Waals surface area contributed by atoms with E-state index in [1.54, 1.807) is 7.11 Å². The molecule has 0 N–H and O–H groups in total. The Hall–Kier alpha value is -1.61. The molecule has 2 nitrogen and oxygen atoms in total. The molecule has 0 unspecified atom stereocenters. The quantitative estimate of drug-likeness (QED) is 0.773. The van der Waals surface area contributed by atoms with Crippen LogP contribution in [0.25, 0.3) is 0 Å². The molecule has 0 spiro atoms. The molecule has 0 radical (unpaired) electrons. The van der Waals surface area contributed by atoms with E-state index in [0.717, 1.165) is 16.7 Å². The summed E-state index contributed by atoms with van der Waals surface area (Å²) in [5.41, 5.74) is 2.92. The smallest absolute Gasteiger partial charge is 0.206 e. The Morgan fingerprint density at radius 2 is 2.00 bits per heavy atom. The zero-order valence-electron chi connectivity index (χ0n) is 10.1. The summed E-state index contributed by atoms with van der Waals surface area (Å²) in [5.74, 6) is 0.689. The third-order valence-electron chi connectivity index (χ3n) is 2.68. The second-order valence-corrected chi connectivity index (χ2v) is 4.88. The van der Waals surface area contributed by atoms with Crippen molar-refractivity contribution in [2.45, 2.75) is 13.8 Å². The van der Waals surface area contributed by atoms with E-state index in [1.807, 2.05) is 43.5 Å². The molecule has 0 atom stereocenters. The van der Waals surface area contributed by atoms with Crippen molar-refractivity contribution in [3.8, 4) is 5.75 Å². The van der Waals surface area contributed by atoms with Gasteiger partial charge in [0.15, 0.2) is 0 Å². The van der Waals surface area contributed by atoms with Crippen molar-refractivity contribution >= 4 is 17.1 Å². The monoisotopic (exact) mass is 246 g/mol. The number of carbonyl (C=O) groups is 1. The van der Waals surface area contributed by atoms with Crippen LogP contribution in [0.1, 0.15) is 26.4 Å². The van der Waals surface area contributed by atoms with Crippen molar-refractivity contribution in [2.24, 2.45) is 0 Å². The number of rotatable bonds is 3. The molecule has 17 heavy (non-hydrogen) atoms. The first kappa shape index (κ1) is 11.9. The molecule has 2 rings (SSSR count). The van der Waals surface area contributed by atoms with Crippen molar-refractivity contribution in [3.63, 3.8) is 0 Å². The predicted molar refractivity (Wildman–Crippen MR) is 70.2 cm³/mol. The predicted octanol–water partition coefficient (Wildman–Crippen LogP) is 3.60. The Balaban J connectivity index is 2.44. The minimum atomic E-state index is 0.0364. The van der Waals surface area contributed by atoms with Gasteiger partial charge >= 0.3 is 0 Å². The van der Waals surface area contributed by atoms with Gasteiger partial charge < -0.3 is 4.74 Å². The van der Waals surface area contributed by atoms with Crippen LogP contribution < -0.4 is 4.74 Å². The molecule has 0 aliphatic heterocycles. The highest BCUT2D eigenvalue weighted by Gasteiger charge is 2.17. The van der Waals surface area contributed by atoms with Crippen LogP contribution in [0.4, 0.5) is 0 Å². The van der Waals surface area contributed by atoms with Gasteiger partial charge in [0.25, 0.3) is 0 Å². The van der Waals surface area contributed by atoms with Crippen LogP contribution in [0.2, 0.25) is 0 Å². The Kier molecular flexibility index (Phi) is 3.29. The van der Waals surface area contributed by atoms with Crippen LogP contribution in [0.3, 0.4) is 0 Å². The zero-order valence-corrected chi connectivity index (χ0v) is 10.9. The number of carbonyl (C=O) groups excluding carboxylic acids is 1. The lowest BCUT2D eigenvalue weighted by Gasteiger charge is -2.06. The summed E-state index contributed by atoms with van der Waals surface area (Å²) in [7, 11) is 1.58. The molecule has 1 heterocycles. The first-order chi connectivity index (χ1) is 8.13. The van der Waals surface area contributed by atoms with Crippen molar-refractivity contribution < 1.29 is 9.53 Å². The molecule has 1 aromatic heterocycles. The molecule has 0 aliphatic rings. The molecule has 0 aliphatic carbocycles. The summed E-state index contributed by atoms with van der Waals surface area (Å²) in [6.45, 7) is 3.98. The van der Waals surface area contributed by atoms with Crippen LogP contribution in [0, 0.1) is 13.8 Å². The average molecular weight is 246 g/mol. The molecule has 0 bridgehead atoms. The van der Waals surface area contributed by atoms with E-state index >= 15 is 0 Å². The number of methoxy groups -OCH3 is 1. The number of benzene rings is 1. The zero-order chi connectivity index (χ0) is 12.4. The third-order valence-corrected chi connectivity index (χ3v) is 3.58. The number of hydrogen-bond acceptors (Lipinski definition) is 3. The number of ketones is 1. The van der Waals surface area contributed by atoms with E-state index in [0.29, 0.717) is 10.6 Å². The minimum Gasteiger partial charge on any atom is -0.495 e. The van der Waals surface area contributed by atoms with Gasteiger partial charge in [0.05, 0.1) is 7.11 Å². The van der Waals surface area contributed by atoms with Gasteiger partial charge in [0.2, 0.25) is 5.78 Å². The third kappa shape index (κ3) is 2.24. The first-order valence-electron chi connectivity index (χ1n) is 5.37. The summed E-state index contributed by atoms with van der Waals surface area (Å²) < 4.78 is 5.18. The first-order valence-corrected chi connectivity index (χ1v) is 6.25. The lowest BCUT2D eigenvalue weighted by molar-refractivity contribution is 0.103. The van der Waals surface area contributed by atoms with Crippen LogP contribution in [-0.4, -0.2) is 12.9 Å². The van der Waals surface area contributed by atoms with Crippen LogP contribution in [0.5, 0.6) is 5.75 Å². The molecule has 0 saturated heterocycles. The molecule has 2 aromatic rings.